The Kier molecular flexibility index (Phi) is 3.10. The fourth-order valence-corrected chi connectivity index (χ4v) is 3.79. The van der Waals surface area contributed by atoms with Gasteiger partial charge in [0.15, 0.2) is 0 Å². The standard InChI is InChI=1S/C16H14NO2S/c1-2-12-7-6-10-14-15(11-17-16(12)14)20(18,19)13-8-4-3-5-9-13/h3-11,17H,1-2H2. The largest absolute Gasteiger partial charge is 0.360 e. The Morgan fingerprint density at radius 2 is 1.75 bits per heavy atom. The number of para-hydroxylation sites is 1. The summed E-state index contributed by atoms with van der Waals surface area (Å²) >= 11 is 0. The predicted octanol–water partition coefficient (Wildman–Crippen LogP) is 3.38. The highest BCUT2D eigenvalue weighted by Gasteiger charge is 2.21. The maximum Gasteiger partial charge on any atom is 0.208 e. The van der Waals surface area contributed by atoms with Gasteiger partial charge < -0.3 is 4.98 Å². The molecule has 20 heavy (non-hydrogen) atoms. The van der Waals surface area contributed by atoms with Gasteiger partial charge in [0.2, 0.25) is 9.84 Å². The summed E-state index contributed by atoms with van der Waals surface area (Å²) in [4.78, 5) is 3.68. The summed E-state index contributed by atoms with van der Waals surface area (Å²) < 4.78 is 25.3. The Morgan fingerprint density at radius 3 is 2.45 bits per heavy atom. The maximum atomic E-state index is 12.7. The molecule has 0 aliphatic carbocycles. The minimum atomic E-state index is -3.50. The molecule has 0 bridgehead atoms. The van der Waals surface area contributed by atoms with Gasteiger partial charge >= 0.3 is 0 Å². The van der Waals surface area contributed by atoms with E-state index >= 15 is 0 Å². The molecule has 3 aromatic rings. The highest BCUT2D eigenvalue weighted by Crippen LogP contribution is 2.29. The van der Waals surface area contributed by atoms with E-state index in [0.29, 0.717) is 16.2 Å². The van der Waals surface area contributed by atoms with Crippen LogP contribution in [-0.2, 0) is 16.3 Å². The first kappa shape index (κ1) is 12.9. The molecule has 0 fully saturated rings. The fraction of sp³-hybridized carbons (Fsp3) is 0.0625. The number of sulfone groups is 1. The summed E-state index contributed by atoms with van der Waals surface area (Å²) in [6, 6.07) is 14.1. The number of hydrogen-bond acceptors (Lipinski definition) is 2. The zero-order valence-electron chi connectivity index (χ0n) is 10.8. The molecule has 0 spiro atoms. The van der Waals surface area contributed by atoms with Crippen LogP contribution < -0.4 is 0 Å². The normalized spacial score (nSPS) is 11.8. The molecule has 1 N–H and O–H groups in total. The van der Waals surface area contributed by atoms with Crippen LogP contribution in [0.15, 0.2) is 64.5 Å². The van der Waals surface area contributed by atoms with Crippen molar-refractivity contribution < 1.29 is 8.42 Å². The molecule has 0 unspecified atom stereocenters. The van der Waals surface area contributed by atoms with Crippen molar-refractivity contribution in [1.82, 2.24) is 4.98 Å². The summed E-state index contributed by atoms with van der Waals surface area (Å²) in [5.74, 6) is 0. The number of hydrogen-bond donors (Lipinski definition) is 1. The van der Waals surface area contributed by atoms with Gasteiger partial charge in [-0.3, -0.25) is 0 Å². The van der Waals surface area contributed by atoms with Crippen molar-refractivity contribution >= 4 is 20.7 Å². The van der Waals surface area contributed by atoms with E-state index in [1.54, 1.807) is 36.5 Å². The van der Waals surface area contributed by atoms with Crippen molar-refractivity contribution in [1.29, 1.82) is 0 Å². The van der Waals surface area contributed by atoms with E-state index in [2.05, 4.69) is 11.9 Å². The minimum absolute atomic E-state index is 0.306. The Bertz CT molecular complexity index is 849. The summed E-state index contributed by atoms with van der Waals surface area (Å²) in [6.07, 6.45) is 2.18. The van der Waals surface area contributed by atoms with Crippen LogP contribution in [-0.4, -0.2) is 13.4 Å². The number of aromatic amines is 1. The van der Waals surface area contributed by atoms with Crippen LogP contribution in [0.4, 0.5) is 0 Å². The third-order valence-corrected chi connectivity index (χ3v) is 5.19. The average molecular weight is 284 g/mol. The monoisotopic (exact) mass is 284 g/mol. The highest BCUT2D eigenvalue weighted by molar-refractivity contribution is 7.91. The lowest BCUT2D eigenvalue weighted by molar-refractivity contribution is 0.597. The first-order chi connectivity index (χ1) is 9.64. The van der Waals surface area contributed by atoms with E-state index in [9.17, 15) is 8.42 Å². The van der Waals surface area contributed by atoms with Crippen molar-refractivity contribution in [3.05, 3.63) is 67.2 Å². The van der Waals surface area contributed by atoms with Crippen LogP contribution in [0.25, 0.3) is 10.9 Å². The molecule has 3 nitrogen and oxygen atoms in total. The van der Waals surface area contributed by atoms with Gasteiger partial charge in [0, 0.05) is 17.1 Å². The van der Waals surface area contributed by atoms with E-state index in [1.165, 1.54) is 0 Å². The maximum absolute atomic E-state index is 12.7. The Hall–Kier alpha value is -2.07. The van der Waals surface area contributed by atoms with Crippen molar-refractivity contribution in [3.8, 4) is 0 Å². The predicted molar refractivity (Wildman–Crippen MR) is 79.3 cm³/mol. The molecule has 3 rings (SSSR count). The zero-order valence-corrected chi connectivity index (χ0v) is 11.7. The van der Waals surface area contributed by atoms with Crippen molar-refractivity contribution in [2.45, 2.75) is 16.2 Å². The summed E-state index contributed by atoms with van der Waals surface area (Å²) in [5.41, 5.74) is 1.86. The van der Waals surface area contributed by atoms with E-state index < -0.39 is 9.84 Å². The molecule has 0 aliphatic rings. The molecule has 4 heteroatoms. The molecule has 2 aromatic carbocycles. The Labute approximate surface area is 118 Å². The number of nitrogens with one attached hydrogen (secondary N) is 1. The molecule has 1 radical (unpaired) electrons. The van der Waals surface area contributed by atoms with Crippen LogP contribution in [0.3, 0.4) is 0 Å². The smallest absolute Gasteiger partial charge is 0.208 e. The van der Waals surface area contributed by atoms with E-state index in [-0.39, 0.29) is 0 Å². The molecule has 0 saturated heterocycles. The van der Waals surface area contributed by atoms with Gasteiger partial charge in [-0.1, -0.05) is 36.4 Å². The SMILES string of the molecule is [CH2]Cc1cccc2c(S(=O)(=O)c3ccccc3)c[nH]c12. The fourth-order valence-electron chi connectivity index (χ4n) is 2.35. The molecule has 0 atom stereocenters. The van der Waals surface area contributed by atoms with Crippen LogP contribution in [0.1, 0.15) is 5.56 Å². The van der Waals surface area contributed by atoms with Gasteiger partial charge in [-0.25, -0.2) is 8.42 Å². The van der Waals surface area contributed by atoms with Gasteiger partial charge in [-0.05, 0) is 31.0 Å². The lowest BCUT2D eigenvalue weighted by Gasteiger charge is -2.04. The van der Waals surface area contributed by atoms with Crippen LogP contribution in [0.5, 0.6) is 0 Å². The molecule has 0 aliphatic heterocycles. The van der Waals surface area contributed by atoms with Crippen molar-refractivity contribution in [3.63, 3.8) is 0 Å². The second-order valence-electron chi connectivity index (χ2n) is 4.56. The van der Waals surface area contributed by atoms with Gasteiger partial charge in [0.1, 0.15) is 0 Å². The van der Waals surface area contributed by atoms with E-state index in [0.717, 1.165) is 16.5 Å². The highest BCUT2D eigenvalue weighted by atomic mass is 32.2. The lowest BCUT2D eigenvalue weighted by atomic mass is 10.1. The minimum Gasteiger partial charge on any atom is -0.360 e. The third-order valence-electron chi connectivity index (χ3n) is 3.38. The molecule has 0 saturated carbocycles. The Balaban J connectivity index is 2.26. The Morgan fingerprint density at radius 1 is 1.00 bits per heavy atom. The number of benzene rings is 2. The molecule has 0 amide bonds. The summed E-state index contributed by atoms with van der Waals surface area (Å²) in [5, 5.41) is 0.718. The summed E-state index contributed by atoms with van der Waals surface area (Å²) in [7, 11) is -3.50. The first-order valence-electron chi connectivity index (χ1n) is 6.33. The van der Waals surface area contributed by atoms with Gasteiger partial charge in [-0.15, -0.1) is 0 Å². The van der Waals surface area contributed by atoms with Crippen molar-refractivity contribution in [2.75, 3.05) is 0 Å². The van der Waals surface area contributed by atoms with Gasteiger partial charge in [0.05, 0.1) is 9.79 Å². The molecule has 101 valence electrons. The van der Waals surface area contributed by atoms with E-state index in [4.69, 9.17) is 0 Å². The van der Waals surface area contributed by atoms with Gasteiger partial charge in [-0.2, -0.15) is 0 Å². The number of fused-ring (bicyclic) bond motifs is 1. The number of H-pyrrole nitrogens is 1. The van der Waals surface area contributed by atoms with E-state index in [1.807, 2.05) is 18.2 Å². The topological polar surface area (TPSA) is 49.9 Å². The molecule has 1 heterocycles. The van der Waals surface area contributed by atoms with Crippen LogP contribution in [0, 0.1) is 6.92 Å². The molecular weight excluding hydrogens is 270 g/mol. The average Bonchev–Trinajstić information content (AvgIpc) is 2.92. The first-order valence-corrected chi connectivity index (χ1v) is 7.81. The van der Waals surface area contributed by atoms with Crippen LogP contribution >= 0.6 is 0 Å². The van der Waals surface area contributed by atoms with Crippen molar-refractivity contribution in [2.24, 2.45) is 0 Å². The quantitative estimate of drug-likeness (QED) is 0.801. The number of aromatic nitrogens is 1. The second-order valence-corrected chi connectivity index (χ2v) is 6.48. The zero-order chi connectivity index (χ0) is 14.2. The molecule has 1 aromatic heterocycles. The van der Waals surface area contributed by atoms with Gasteiger partial charge in [0.25, 0.3) is 0 Å². The number of rotatable bonds is 3. The lowest BCUT2D eigenvalue weighted by Crippen LogP contribution is -2.00. The summed E-state index contributed by atoms with van der Waals surface area (Å²) in [6.45, 7) is 3.87. The third kappa shape index (κ3) is 1.93. The molecular formula is C16H14NO2S. The van der Waals surface area contributed by atoms with Crippen LogP contribution in [0.2, 0.25) is 0 Å². The second kappa shape index (κ2) is 4.80.